The molecule has 0 aliphatic rings. The van der Waals surface area contributed by atoms with E-state index in [1.807, 2.05) is 6.20 Å². The molecule has 0 saturated carbocycles. The molecule has 2 heterocycles. The first kappa shape index (κ1) is 10.9. The van der Waals surface area contributed by atoms with E-state index in [1.54, 1.807) is 16.6 Å². The van der Waals surface area contributed by atoms with E-state index in [0.717, 1.165) is 5.69 Å². The molecule has 5 nitrogen and oxygen atoms in total. The molecule has 18 heavy (non-hydrogen) atoms. The van der Waals surface area contributed by atoms with Crippen molar-refractivity contribution in [2.24, 2.45) is 5.73 Å². The topological polar surface area (TPSA) is 72.0 Å². The maximum Gasteiger partial charge on any atom is 0.251 e. The predicted molar refractivity (Wildman–Crippen MR) is 65.5 cm³/mol. The summed E-state index contributed by atoms with van der Waals surface area (Å²) in [7, 11) is 0. The molecule has 0 amide bonds. The van der Waals surface area contributed by atoms with Crippen molar-refractivity contribution in [3.8, 4) is 11.4 Å². The fourth-order valence-electron chi connectivity index (χ4n) is 1.85. The van der Waals surface area contributed by atoms with Crippen LogP contribution >= 0.6 is 0 Å². The molecule has 3 N–H and O–H groups in total. The summed E-state index contributed by atoms with van der Waals surface area (Å²) < 4.78 is 14.8. The van der Waals surface area contributed by atoms with Gasteiger partial charge >= 0.3 is 0 Å². The number of nitrogens with one attached hydrogen (secondary N) is 1. The van der Waals surface area contributed by atoms with Crippen LogP contribution in [0.2, 0.25) is 0 Å². The molecular weight excluding hydrogens is 233 g/mol. The molecule has 0 spiro atoms. The van der Waals surface area contributed by atoms with Crippen molar-refractivity contribution >= 4 is 5.78 Å². The van der Waals surface area contributed by atoms with Gasteiger partial charge in [0.25, 0.3) is 5.78 Å². The summed E-state index contributed by atoms with van der Waals surface area (Å²) >= 11 is 0. The van der Waals surface area contributed by atoms with E-state index in [9.17, 15) is 4.39 Å². The third kappa shape index (κ3) is 1.86. The van der Waals surface area contributed by atoms with Gasteiger partial charge in [-0.15, -0.1) is 0 Å². The van der Waals surface area contributed by atoms with Crippen LogP contribution in [0.3, 0.4) is 0 Å². The molecule has 2 aromatic heterocycles. The number of hydrogen-bond donors (Lipinski definition) is 2. The quantitative estimate of drug-likeness (QED) is 0.732. The van der Waals surface area contributed by atoms with Gasteiger partial charge in [-0.3, -0.25) is 5.10 Å². The standard InChI is InChI=1S/C12H12FN5/c13-9-3-1-2-8(6-9)11-16-12-15-10(4-5-14)7-18(12)17-11/h1-3,6-7H,4-5,14H2,(H,15,16,17). The Morgan fingerprint density at radius 3 is 2.94 bits per heavy atom. The van der Waals surface area contributed by atoms with E-state index in [-0.39, 0.29) is 5.82 Å². The molecule has 0 saturated heterocycles. The van der Waals surface area contributed by atoms with Crippen molar-refractivity contribution in [3.63, 3.8) is 0 Å². The molecule has 6 heteroatoms. The minimum Gasteiger partial charge on any atom is -0.330 e. The number of imidazole rings is 1. The van der Waals surface area contributed by atoms with Crippen molar-refractivity contribution in [1.29, 1.82) is 0 Å². The number of nitrogens with zero attached hydrogens (tertiary/aromatic N) is 3. The first-order valence-electron chi connectivity index (χ1n) is 5.66. The summed E-state index contributed by atoms with van der Waals surface area (Å²) in [4.78, 5) is 8.63. The van der Waals surface area contributed by atoms with E-state index >= 15 is 0 Å². The molecule has 0 fully saturated rings. The molecule has 0 bridgehead atoms. The molecule has 0 radical (unpaired) electrons. The maximum absolute atomic E-state index is 13.1. The Labute approximate surface area is 102 Å². The average molecular weight is 245 g/mol. The molecule has 0 aliphatic carbocycles. The molecule has 3 rings (SSSR count). The summed E-state index contributed by atoms with van der Waals surface area (Å²) in [6.45, 7) is 0.553. The highest BCUT2D eigenvalue weighted by Gasteiger charge is 2.08. The third-order valence-corrected chi connectivity index (χ3v) is 2.67. The molecule has 0 unspecified atom stereocenters. The SMILES string of the molecule is NCCc1cn2[nH]c(-c3cccc(F)c3)nc2n1. The fraction of sp³-hybridized carbons (Fsp3) is 0.167. The van der Waals surface area contributed by atoms with Crippen LogP contribution in [0, 0.1) is 5.82 Å². The van der Waals surface area contributed by atoms with Gasteiger partial charge < -0.3 is 5.73 Å². The molecular formula is C12H12FN5. The lowest BCUT2D eigenvalue weighted by atomic mass is 10.2. The zero-order valence-electron chi connectivity index (χ0n) is 9.60. The Bertz CT molecular complexity index is 653. The van der Waals surface area contributed by atoms with Gasteiger partial charge in [-0.25, -0.2) is 13.9 Å². The number of benzene rings is 1. The number of halogens is 1. The number of aromatic nitrogens is 4. The number of nitrogens with two attached hydrogens (primary N) is 1. The lowest BCUT2D eigenvalue weighted by Crippen LogP contribution is -2.02. The van der Waals surface area contributed by atoms with Crippen LogP contribution in [0.15, 0.2) is 30.5 Å². The first-order valence-corrected chi connectivity index (χ1v) is 5.66. The van der Waals surface area contributed by atoms with Crippen LogP contribution < -0.4 is 5.73 Å². The molecule has 0 aliphatic heterocycles. The van der Waals surface area contributed by atoms with Gasteiger partial charge in [-0.05, 0) is 18.7 Å². The van der Waals surface area contributed by atoms with Crippen LogP contribution in [0.5, 0.6) is 0 Å². The van der Waals surface area contributed by atoms with E-state index in [0.29, 0.717) is 30.1 Å². The van der Waals surface area contributed by atoms with Crippen LogP contribution in [0.4, 0.5) is 4.39 Å². The van der Waals surface area contributed by atoms with Crippen molar-refractivity contribution in [1.82, 2.24) is 19.6 Å². The van der Waals surface area contributed by atoms with E-state index in [4.69, 9.17) is 5.73 Å². The zero-order chi connectivity index (χ0) is 12.5. The smallest absolute Gasteiger partial charge is 0.251 e. The van der Waals surface area contributed by atoms with Crippen LogP contribution in [-0.4, -0.2) is 26.1 Å². The first-order chi connectivity index (χ1) is 8.76. The van der Waals surface area contributed by atoms with Gasteiger partial charge in [-0.2, -0.15) is 4.98 Å². The second kappa shape index (κ2) is 4.23. The van der Waals surface area contributed by atoms with E-state index in [2.05, 4.69) is 15.1 Å². The zero-order valence-corrected chi connectivity index (χ0v) is 9.60. The van der Waals surface area contributed by atoms with E-state index in [1.165, 1.54) is 12.1 Å². The van der Waals surface area contributed by atoms with Crippen LogP contribution in [-0.2, 0) is 6.42 Å². The summed E-state index contributed by atoms with van der Waals surface area (Å²) in [6.07, 6.45) is 2.56. The van der Waals surface area contributed by atoms with Crippen molar-refractivity contribution < 1.29 is 4.39 Å². The Morgan fingerprint density at radius 1 is 1.33 bits per heavy atom. The summed E-state index contributed by atoms with van der Waals surface area (Å²) in [5, 5.41) is 3.05. The Morgan fingerprint density at radius 2 is 2.22 bits per heavy atom. The van der Waals surface area contributed by atoms with Gasteiger partial charge in [0.15, 0.2) is 5.82 Å². The second-order valence-electron chi connectivity index (χ2n) is 4.02. The van der Waals surface area contributed by atoms with Crippen LogP contribution in [0.1, 0.15) is 5.69 Å². The van der Waals surface area contributed by atoms with Crippen molar-refractivity contribution in [3.05, 3.63) is 42.0 Å². The van der Waals surface area contributed by atoms with Gasteiger partial charge in [-0.1, -0.05) is 12.1 Å². The fourth-order valence-corrected chi connectivity index (χ4v) is 1.85. The number of fused-ring (bicyclic) bond motifs is 1. The minimum atomic E-state index is -0.287. The van der Waals surface area contributed by atoms with E-state index < -0.39 is 0 Å². The lowest BCUT2D eigenvalue weighted by molar-refractivity contribution is 0.628. The number of rotatable bonds is 3. The second-order valence-corrected chi connectivity index (χ2v) is 4.02. The minimum absolute atomic E-state index is 0.287. The lowest BCUT2D eigenvalue weighted by Gasteiger charge is -1.95. The highest BCUT2D eigenvalue weighted by molar-refractivity contribution is 5.56. The highest BCUT2D eigenvalue weighted by Crippen LogP contribution is 2.17. The highest BCUT2D eigenvalue weighted by atomic mass is 19.1. The van der Waals surface area contributed by atoms with Gasteiger partial charge in [0, 0.05) is 12.0 Å². The monoisotopic (exact) mass is 245 g/mol. The number of aromatic amines is 1. The maximum atomic E-state index is 13.1. The summed E-state index contributed by atoms with van der Waals surface area (Å²) in [5.41, 5.74) is 7.05. The molecule has 3 aromatic rings. The van der Waals surface area contributed by atoms with Crippen LogP contribution in [0.25, 0.3) is 17.2 Å². The number of H-pyrrole nitrogens is 1. The largest absolute Gasteiger partial charge is 0.330 e. The Kier molecular flexibility index (Phi) is 2.56. The molecule has 1 aromatic carbocycles. The van der Waals surface area contributed by atoms with Crippen molar-refractivity contribution in [2.45, 2.75) is 6.42 Å². The molecule has 92 valence electrons. The number of hydrogen-bond acceptors (Lipinski definition) is 3. The van der Waals surface area contributed by atoms with Crippen molar-refractivity contribution in [2.75, 3.05) is 6.54 Å². The summed E-state index contributed by atoms with van der Waals surface area (Å²) in [6, 6.07) is 6.27. The molecule has 0 atom stereocenters. The average Bonchev–Trinajstić information content (AvgIpc) is 2.87. The van der Waals surface area contributed by atoms with Gasteiger partial charge in [0.05, 0.1) is 11.9 Å². The Balaban J connectivity index is 2.01. The summed E-state index contributed by atoms with van der Waals surface area (Å²) in [5.74, 6) is 0.874. The Hall–Kier alpha value is -2.21. The van der Waals surface area contributed by atoms with Gasteiger partial charge in [0.2, 0.25) is 0 Å². The predicted octanol–water partition coefficient (Wildman–Crippen LogP) is 1.36. The van der Waals surface area contributed by atoms with Gasteiger partial charge in [0.1, 0.15) is 5.82 Å². The normalized spacial score (nSPS) is 11.2. The third-order valence-electron chi connectivity index (χ3n) is 2.67.